The maximum atomic E-state index is 12.4. The molecule has 0 saturated heterocycles. The van der Waals surface area contributed by atoms with E-state index in [2.05, 4.69) is 15.5 Å². The molecule has 1 heterocycles. The second-order valence-electron chi connectivity index (χ2n) is 7.18. The van der Waals surface area contributed by atoms with Crippen LogP contribution in [-0.4, -0.2) is 39.6 Å². The van der Waals surface area contributed by atoms with Crippen LogP contribution in [0.25, 0.3) is 5.69 Å². The number of thioether (sulfide) groups is 1. The second kappa shape index (κ2) is 11.2. The Hall–Kier alpha value is -2.71. The van der Waals surface area contributed by atoms with Crippen molar-refractivity contribution in [3.8, 4) is 17.2 Å². The number of nitrogens with zero attached hydrogens (tertiary/aromatic N) is 3. The fourth-order valence-electron chi connectivity index (χ4n) is 2.87. The molecule has 7 nitrogen and oxygen atoms in total. The molecule has 1 amide bonds. The predicted octanol–water partition coefficient (Wildman–Crippen LogP) is 4.82. The molecule has 0 aliphatic carbocycles. The summed E-state index contributed by atoms with van der Waals surface area (Å²) in [6.45, 7) is 6.66. The number of hydrogen-bond donors (Lipinski definition) is 1. The third-order valence-corrected chi connectivity index (χ3v) is 6.19. The van der Waals surface area contributed by atoms with E-state index in [9.17, 15) is 4.79 Å². The SMILES string of the molecule is CCCNC(=O)C(C)Sc1nnc(COc2ccc(OC)cc2)n1-c1ccc(C)c(Cl)c1. The fourth-order valence-corrected chi connectivity index (χ4v) is 3.96. The van der Waals surface area contributed by atoms with E-state index >= 15 is 0 Å². The van der Waals surface area contributed by atoms with Crippen molar-refractivity contribution in [3.63, 3.8) is 0 Å². The van der Waals surface area contributed by atoms with Crippen molar-refractivity contribution in [2.75, 3.05) is 13.7 Å². The van der Waals surface area contributed by atoms with Crippen LogP contribution < -0.4 is 14.8 Å². The highest BCUT2D eigenvalue weighted by molar-refractivity contribution is 8.00. The summed E-state index contributed by atoms with van der Waals surface area (Å²) in [6.07, 6.45) is 0.883. The van der Waals surface area contributed by atoms with Gasteiger partial charge in [0.1, 0.15) is 18.1 Å². The smallest absolute Gasteiger partial charge is 0.233 e. The molecule has 1 unspecified atom stereocenters. The van der Waals surface area contributed by atoms with Gasteiger partial charge in [-0.05, 0) is 62.2 Å². The number of nitrogens with one attached hydrogen (secondary N) is 1. The Morgan fingerprint density at radius 2 is 1.91 bits per heavy atom. The van der Waals surface area contributed by atoms with Crippen molar-refractivity contribution in [2.24, 2.45) is 0 Å². The van der Waals surface area contributed by atoms with Gasteiger partial charge in [0, 0.05) is 11.6 Å². The zero-order chi connectivity index (χ0) is 23.1. The topological polar surface area (TPSA) is 78.3 Å². The van der Waals surface area contributed by atoms with Crippen LogP contribution in [0.4, 0.5) is 0 Å². The van der Waals surface area contributed by atoms with Gasteiger partial charge in [0.25, 0.3) is 0 Å². The number of amides is 1. The summed E-state index contributed by atoms with van der Waals surface area (Å²) in [5, 5.41) is 12.5. The van der Waals surface area contributed by atoms with Crippen molar-refractivity contribution in [2.45, 2.75) is 44.2 Å². The molecule has 1 N–H and O–H groups in total. The van der Waals surface area contributed by atoms with Crippen molar-refractivity contribution >= 4 is 29.3 Å². The standard InChI is InChI=1S/C23H27ClN4O3S/c1-5-12-25-22(29)16(3)32-23-27-26-21(14-31-19-10-8-18(30-4)9-11-19)28(23)17-7-6-15(2)20(24)13-17/h6-11,13,16H,5,12,14H2,1-4H3,(H,25,29). The van der Waals surface area contributed by atoms with E-state index < -0.39 is 0 Å². The van der Waals surface area contributed by atoms with Gasteiger partial charge >= 0.3 is 0 Å². The number of carbonyl (C=O) groups excluding carboxylic acids is 1. The zero-order valence-electron chi connectivity index (χ0n) is 18.6. The summed E-state index contributed by atoms with van der Waals surface area (Å²) < 4.78 is 13.0. The van der Waals surface area contributed by atoms with Gasteiger partial charge in [-0.1, -0.05) is 36.4 Å². The van der Waals surface area contributed by atoms with E-state index in [4.69, 9.17) is 21.1 Å². The third-order valence-electron chi connectivity index (χ3n) is 4.74. The van der Waals surface area contributed by atoms with Gasteiger partial charge in [0.05, 0.1) is 18.0 Å². The molecule has 0 fully saturated rings. The number of rotatable bonds is 10. The van der Waals surface area contributed by atoms with Gasteiger partial charge in [-0.25, -0.2) is 0 Å². The van der Waals surface area contributed by atoms with Crippen molar-refractivity contribution in [3.05, 3.63) is 58.9 Å². The van der Waals surface area contributed by atoms with Gasteiger partial charge in [0.2, 0.25) is 5.91 Å². The Morgan fingerprint density at radius 3 is 2.56 bits per heavy atom. The number of aromatic nitrogens is 3. The zero-order valence-corrected chi connectivity index (χ0v) is 20.2. The Morgan fingerprint density at radius 1 is 1.19 bits per heavy atom. The van der Waals surface area contributed by atoms with E-state index in [0.717, 1.165) is 23.4 Å². The van der Waals surface area contributed by atoms with E-state index in [1.165, 1.54) is 11.8 Å². The summed E-state index contributed by atoms with van der Waals surface area (Å²) in [7, 11) is 1.62. The van der Waals surface area contributed by atoms with E-state index in [1.807, 2.05) is 67.8 Å². The minimum atomic E-state index is -0.333. The van der Waals surface area contributed by atoms with Crippen LogP contribution in [0.3, 0.4) is 0 Å². The molecule has 0 aliphatic rings. The summed E-state index contributed by atoms with van der Waals surface area (Å²) in [5.41, 5.74) is 1.78. The molecule has 170 valence electrons. The lowest BCUT2D eigenvalue weighted by Gasteiger charge is -2.15. The van der Waals surface area contributed by atoms with Gasteiger partial charge in [0.15, 0.2) is 11.0 Å². The average molecular weight is 475 g/mol. The highest BCUT2D eigenvalue weighted by atomic mass is 35.5. The number of hydrogen-bond acceptors (Lipinski definition) is 6. The van der Waals surface area contributed by atoms with Crippen LogP contribution in [0.2, 0.25) is 5.02 Å². The average Bonchev–Trinajstić information content (AvgIpc) is 3.20. The minimum Gasteiger partial charge on any atom is -0.497 e. The fraction of sp³-hybridized carbons (Fsp3) is 0.348. The number of ether oxygens (including phenoxy) is 2. The molecule has 3 rings (SSSR count). The van der Waals surface area contributed by atoms with Gasteiger partial charge < -0.3 is 14.8 Å². The normalized spacial score (nSPS) is 11.8. The quantitative estimate of drug-likeness (QED) is 0.424. The van der Waals surface area contributed by atoms with Crippen LogP contribution in [0.1, 0.15) is 31.7 Å². The molecule has 0 aliphatic heterocycles. The second-order valence-corrected chi connectivity index (χ2v) is 8.90. The highest BCUT2D eigenvalue weighted by Gasteiger charge is 2.21. The monoisotopic (exact) mass is 474 g/mol. The Bertz CT molecular complexity index is 1060. The summed E-state index contributed by atoms with van der Waals surface area (Å²) in [5.74, 6) is 2.00. The summed E-state index contributed by atoms with van der Waals surface area (Å²) >= 11 is 7.73. The number of halogens is 1. The molecule has 0 bridgehead atoms. The Kier molecular flexibility index (Phi) is 8.41. The van der Waals surface area contributed by atoms with Crippen molar-refractivity contribution in [1.29, 1.82) is 0 Å². The van der Waals surface area contributed by atoms with Crippen LogP contribution in [-0.2, 0) is 11.4 Å². The molecular formula is C23H27ClN4O3S. The first-order valence-corrected chi connectivity index (χ1v) is 11.6. The summed E-state index contributed by atoms with van der Waals surface area (Å²) in [6, 6.07) is 13.1. The predicted molar refractivity (Wildman–Crippen MR) is 127 cm³/mol. The van der Waals surface area contributed by atoms with Crippen molar-refractivity contribution in [1.82, 2.24) is 20.1 Å². The lowest BCUT2D eigenvalue weighted by molar-refractivity contribution is -0.120. The Balaban J connectivity index is 1.87. The lowest BCUT2D eigenvalue weighted by atomic mass is 10.2. The first kappa shape index (κ1) is 23.9. The molecule has 1 atom stereocenters. The first-order valence-electron chi connectivity index (χ1n) is 10.3. The minimum absolute atomic E-state index is 0.0376. The molecule has 0 spiro atoms. The van der Waals surface area contributed by atoms with Crippen LogP contribution in [0.15, 0.2) is 47.6 Å². The molecule has 2 aromatic carbocycles. The van der Waals surface area contributed by atoms with Crippen LogP contribution in [0, 0.1) is 6.92 Å². The van der Waals surface area contributed by atoms with Gasteiger partial charge in [-0.15, -0.1) is 10.2 Å². The van der Waals surface area contributed by atoms with Gasteiger partial charge in [-0.3, -0.25) is 9.36 Å². The number of benzene rings is 2. The van der Waals surface area contributed by atoms with E-state index in [0.29, 0.717) is 28.3 Å². The van der Waals surface area contributed by atoms with E-state index in [-0.39, 0.29) is 17.8 Å². The van der Waals surface area contributed by atoms with Crippen molar-refractivity contribution < 1.29 is 14.3 Å². The lowest BCUT2D eigenvalue weighted by Crippen LogP contribution is -2.31. The van der Waals surface area contributed by atoms with E-state index in [1.54, 1.807) is 7.11 Å². The third kappa shape index (κ3) is 5.95. The molecule has 0 radical (unpaired) electrons. The maximum Gasteiger partial charge on any atom is 0.233 e. The highest BCUT2D eigenvalue weighted by Crippen LogP contribution is 2.29. The molecule has 1 aromatic heterocycles. The Labute approximate surface area is 197 Å². The number of carbonyl (C=O) groups is 1. The summed E-state index contributed by atoms with van der Waals surface area (Å²) in [4.78, 5) is 12.4. The largest absolute Gasteiger partial charge is 0.497 e. The molecule has 3 aromatic rings. The van der Waals surface area contributed by atoms with Crippen LogP contribution in [0.5, 0.6) is 11.5 Å². The number of methoxy groups -OCH3 is 1. The molecule has 32 heavy (non-hydrogen) atoms. The molecule has 9 heteroatoms. The van der Waals surface area contributed by atoms with Gasteiger partial charge in [-0.2, -0.15) is 0 Å². The maximum absolute atomic E-state index is 12.4. The molecule has 0 saturated carbocycles. The van der Waals surface area contributed by atoms with Crippen LogP contribution >= 0.6 is 23.4 Å². The number of aryl methyl sites for hydroxylation is 1. The molecular weight excluding hydrogens is 448 g/mol. The first-order chi connectivity index (χ1) is 15.4.